The SMILES string of the molecule is CNC(=O)N/N=C/C(C#N)C(C)C. The fourth-order valence-electron chi connectivity index (χ4n) is 0.587. The summed E-state index contributed by atoms with van der Waals surface area (Å²) in [5.41, 5.74) is 2.22. The second-order valence-corrected chi connectivity index (χ2v) is 2.87. The Morgan fingerprint density at radius 3 is 2.62 bits per heavy atom. The van der Waals surface area contributed by atoms with E-state index in [-0.39, 0.29) is 11.8 Å². The maximum absolute atomic E-state index is 10.6. The minimum Gasteiger partial charge on any atom is -0.340 e. The molecule has 2 amide bonds. The van der Waals surface area contributed by atoms with Gasteiger partial charge in [0, 0.05) is 13.3 Å². The Kier molecular flexibility index (Phi) is 5.28. The van der Waals surface area contributed by atoms with Crippen LogP contribution in [0.2, 0.25) is 0 Å². The molecule has 0 spiro atoms. The van der Waals surface area contributed by atoms with E-state index in [0.29, 0.717) is 0 Å². The molecule has 0 aromatic heterocycles. The molecule has 0 aromatic carbocycles. The predicted molar refractivity (Wildman–Crippen MR) is 50.0 cm³/mol. The lowest BCUT2D eigenvalue weighted by Gasteiger charge is -2.05. The van der Waals surface area contributed by atoms with Gasteiger partial charge in [-0.1, -0.05) is 13.8 Å². The quantitative estimate of drug-likeness (QED) is 0.497. The molecule has 1 atom stereocenters. The highest BCUT2D eigenvalue weighted by atomic mass is 16.2. The summed E-state index contributed by atoms with van der Waals surface area (Å²) < 4.78 is 0. The molecule has 1 unspecified atom stereocenters. The smallest absolute Gasteiger partial charge is 0.334 e. The van der Waals surface area contributed by atoms with Crippen LogP contribution in [0.15, 0.2) is 5.10 Å². The number of carbonyl (C=O) groups is 1. The number of nitrogens with one attached hydrogen (secondary N) is 2. The van der Waals surface area contributed by atoms with Gasteiger partial charge in [0.05, 0.1) is 12.0 Å². The monoisotopic (exact) mass is 182 g/mol. The van der Waals surface area contributed by atoms with Gasteiger partial charge in [0.2, 0.25) is 0 Å². The molecular weight excluding hydrogens is 168 g/mol. The molecule has 72 valence electrons. The zero-order chi connectivity index (χ0) is 10.3. The zero-order valence-corrected chi connectivity index (χ0v) is 8.03. The number of amides is 2. The van der Waals surface area contributed by atoms with E-state index >= 15 is 0 Å². The largest absolute Gasteiger partial charge is 0.340 e. The van der Waals surface area contributed by atoms with Crippen LogP contribution >= 0.6 is 0 Å². The topological polar surface area (TPSA) is 77.3 Å². The minimum atomic E-state index is -0.392. The van der Waals surface area contributed by atoms with E-state index < -0.39 is 6.03 Å². The number of hydrazone groups is 1. The number of urea groups is 1. The molecule has 13 heavy (non-hydrogen) atoms. The normalized spacial score (nSPS) is 12.5. The zero-order valence-electron chi connectivity index (χ0n) is 8.03. The first-order chi connectivity index (χ1) is 6.11. The van der Waals surface area contributed by atoms with E-state index in [9.17, 15) is 4.79 Å². The second kappa shape index (κ2) is 6.00. The summed E-state index contributed by atoms with van der Waals surface area (Å²) in [5.74, 6) is -0.0719. The lowest BCUT2D eigenvalue weighted by atomic mass is 9.99. The van der Waals surface area contributed by atoms with Crippen LogP contribution in [0.1, 0.15) is 13.8 Å². The third-order valence-electron chi connectivity index (χ3n) is 1.50. The van der Waals surface area contributed by atoms with Gasteiger partial charge in [-0.2, -0.15) is 10.4 Å². The number of nitrogens with zero attached hydrogens (tertiary/aromatic N) is 2. The third-order valence-corrected chi connectivity index (χ3v) is 1.50. The Balaban J connectivity index is 3.96. The fraction of sp³-hybridized carbons (Fsp3) is 0.625. The molecular formula is C8H14N4O. The summed E-state index contributed by atoms with van der Waals surface area (Å²) in [5, 5.41) is 14.6. The lowest BCUT2D eigenvalue weighted by Crippen LogP contribution is -2.29. The van der Waals surface area contributed by atoms with Gasteiger partial charge in [-0.3, -0.25) is 0 Å². The first kappa shape index (κ1) is 11.4. The van der Waals surface area contributed by atoms with E-state index in [1.54, 1.807) is 0 Å². The van der Waals surface area contributed by atoms with Crippen molar-refractivity contribution in [3.8, 4) is 6.07 Å². The van der Waals surface area contributed by atoms with Crippen molar-refractivity contribution in [3.05, 3.63) is 0 Å². The summed E-state index contributed by atoms with van der Waals surface area (Å²) in [6.07, 6.45) is 1.43. The summed E-state index contributed by atoms with van der Waals surface area (Å²) in [6, 6.07) is 1.68. The fourth-order valence-corrected chi connectivity index (χ4v) is 0.587. The van der Waals surface area contributed by atoms with Gasteiger partial charge in [0.1, 0.15) is 0 Å². The van der Waals surface area contributed by atoms with Crippen LogP contribution in [-0.2, 0) is 0 Å². The van der Waals surface area contributed by atoms with Gasteiger partial charge in [-0.15, -0.1) is 0 Å². The summed E-state index contributed by atoms with van der Waals surface area (Å²) in [7, 11) is 1.50. The predicted octanol–water partition coefficient (Wildman–Crippen LogP) is 0.697. The first-order valence-electron chi connectivity index (χ1n) is 4.02. The highest BCUT2D eigenvalue weighted by molar-refractivity contribution is 5.75. The Hall–Kier alpha value is -1.57. The van der Waals surface area contributed by atoms with Gasteiger partial charge in [-0.05, 0) is 5.92 Å². The molecule has 2 N–H and O–H groups in total. The third kappa shape index (κ3) is 4.80. The standard InChI is InChI=1S/C8H14N4O/c1-6(2)7(4-9)5-11-12-8(13)10-3/h5-7H,1-3H3,(H2,10,12,13)/b11-5+. The van der Waals surface area contributed by atoms with Gasteiger partial charge in [0.25, 0.3) is 0 Å². The molecule has 0 bridgehead atoms. The van der Waals surface area contributed by atoms with E-state index in [0.717, 1.165) is 0 Å². The van der Waals surface area contributed by atoms with Crippen molar-refractivity contribution in [2.75, 3.05) is 7.05 Å². The lowest BCUT2D eigenvalue weighted by molar-refractivity contribution is 0.243. The molecule has 0 aliphatic carbocycles. The van der Waals surface area contributed by atoms with Crippen molar-refractivity contribution in [2.24, 2.45) is 16.9 Å². The van der Waals surface area contributed by atoms with Crippen LogP contribution in [0.25, 0.3) is 0 Å². The Morgan fingerprint density at radius 1 is 1.62 bits per heavy atom. The van der Waals surface area contributed by atoms with Crippen LogP contribution in [0.3, 0.4) is 0 Å². The van der Waals surface area contributed by atoms with Crippen LogP contribution in [0.4, 0.5) is 4.79 Å². The highest BCUT2D eigenvalue weighted by Crippen LogP contribution is 2.05. The number of hydrogen-bond acceptors (Lipinski definition) is 3. The maximum atomic E-state index is 10.6. The molecule has 0 aliphatic rings. The summed E-state index contributed by atoms with van der Waals surface area (Å²) >= 11 is 0. The molecule has 5 nitrogen and oxygen atoms in total. The Bertz CT molecular complexity index is 229. The number of hydrogen-bond donors (Lipinski definition) is 2. The van der Waals surface area contributed by atoms with Crippen LogP contribution in [0.5, 0.6) is 0 Å². The summed E-state index contributed by atoms with van der Waals surface area (Å²) in [4.78, 5) is 10.6. The average Bonchev–Trinajstić information content (AvgIpc) is 2.11. The highest BCUT2D eigenvalue weighted by Gasteiger charge is 2.08. The van der Waals surface area contributed by atoms with Gasteiger partial charge in [-0.25, -0.2) is 10.2 Å². The molecule has 0 aliphatic heterocycles. The van der Waals surface area contributed by atoms with Crippen molar-refractivity contribution in [1.29, 1.82) is 5.26 Å². The molecule has 0 saturated carbocycles. The van der Waals surface area contributed by atoms with Crippen molar-refractivity contribution in [3.63, 3.8) is 0 Å². The van der Waals surface area contributed by atoms with Crippen LogP contribution < -0.4 is 10.7 Å². The molecule has 0 radical (unpaired) electrons. The van der Waals surface area contributed by atoms with E-state index in [4.69, 9.17) is 5.26 Å². The van der Waals surface area contributed by atoms with Gasteiger partial charge < -0.3 is 5.32 Å². The number of rotatable bonds is 3. The Morgan fingerprint density at radius 2 is 2.23 bits per heavy atom. The van der Waals surface area contributed by atoms with Gasteiger partial charge in [0.15, 0.2) is 0 Å². The molecule has 5 heteroatoms. The average molecular weight is 182 g/mol. The van der Waals surface area contributed by atoms with Gasteiger partial charge >= 0.3 is 6.03 Å². The Labute approximate surface area is 77.8 Å². The van der Waals surface area contributed by atoms with E-state index in [2.05, 4.69) is 21.9 Å². The maximum Gasteiger partial charge on any atom is 0.334 e. The van der Waals surface area contributed by atoms with Crippen molar-refractivity contribution >= 4 is 12.2 Å². The van der Waals surface area contributed by atoms with Crippen molar-refractivity contribution in [1.82, 2.24) is 10.7 Å². The summed E-state index contributed by atoms with van der Waals surface area (Å²) in [6.45, 7) is 3.83. The van der Waals surface area contributed by atoms with E-state index in [1.807, 2.05) is 13.8 Å². The molecule has 0 rings (SSSR count). The van der Waals surface area contributed by atoms with E-state index in [1.165, 1.54) is 13.3 Å². The second-order valence-electron chi connectivity index (χ2n) is 2.87. The minimum absolute atomic E-state index is 0.195. The molecule has 0 heterocycles. The number of nitriles is 1. The van der Waals surface area contributed by atoms with Crippen LogP contribution in [0, 0.1) is 23.2 Å². The van der Waals surface area contributed by atoms with Crippen molar-refractivity contribution in [2.45, 2.75) is 13.8 Å². The molecule has 0 fully saturated rings. The number of carbonyl (C=O) groups excluding carboxylic acids is 1. The van der Waals surface area contributed by atoms with Crippen LogP contribution in [-0.4, -0.2) is 19.3 Å². The first-order valence-corrected chi connectivity index (χ1v) is 4.02. The molecule has 0 saturated heterocycles. The molecule has 0 aromatic rings. The van der Waals surface area contributed by atoms with Crippen molar-refractivity contribution < 1.29 is 4.79 Å².